The summed E-state index contributed by atoms with van der Waals surface area (Å²) in [6, 6.07) is 7.59. The van der Waals surface area contributed by atoms with Crippen molar-refractivity contribution in [3.8, 4) is 5.75 Å². The number of aromatic nitrogens is 1. The van der Waals surface area contributed by atoms with Crippen LogP contribution in [0.2, 0.25) is 0 Å². The van der Waals surface area contributed by atoms with Crippen molar-refractivity contribution >= 4 is 23.3 Å². The molecule has 0 bridgehead atoms. The van der Waals surface area contributed by atoms with Gasteiger partial charge in [-0.2, -0.15) is 4.99 Å². The highest BCUT2D eigenvalue weighted by Crippen LogP contribution is 2.19. The Kier molecular flexibility index (Phi) is 4.90. The molecular formula is C15H16N2O2S. The van der Waals surface area contributed by atoms with Crippen LogP contribution in [0.3, 0.4) is 0 Å². The van der Waals surface area contributed by atoms with Gasteiger partial charge in [0.15, 0.2) is 4.80 Å². The van der Waals surface area contributed by atoms with Crippen molar-refractivity contribution in [1.82, 2.24) is 4.57 Å². The van der Waals surface area contributed by atoms with Crippen LogP contribution >= 0.6 is 11.3 Å². The monoisotopic (exact) mass is 288 g/mol. The topological polar surface area (TPSA) is 43.6 Å². The Balaban J connectivity index is 2.18. The molecule has 1 aromatic carbocycles. The predicted octanol–water partition coefficient (Wildman–Crippen LogP) is 2.63. The van der Waals surface area contributed by atoms with Crippen molar-refractivity contribution in [2.24, 2.45) is 12.0 Å². The normalized spacial score (nSPS) is 12.0. The van der Waals surface area contributed by atoms with Gasteiger partial charge in [-0.1, -0.05) is 18.2 Å². The smallest absolute Gasteiger partial charge is 0.272 e. The number of carbonyl (C=O) groups excluding carboxylic acids is 1. The van der Waals surface area contributed by atoms with Crippen molar-refractivity contribution < 1.29 is 9.53 Å². The van der Waals surface area contributed by atoms with E-state index >= 15 is 0 Å². The molecule has 0 aliphatic carbocycles. The Morgan fingerprint density at radius 2 is 2.25 bits per heavy atom. The predicted molar refractivity (Wildman–Crippen MR) is 80.5 cm³/mol. The first-order chi connectivity index (χ1) is 9.70. The van der Waals surface area contributed by atoms with E-state index in [1.54, 1.807) is 6.08 Å². The summed E-state index contributed by atoms with van der Waals surface area (Å²) in [7, 11) is 1.86. The number of nitrogens with zero attached hydrogens (tertiary/aromatic N) is 2. The van der Waals surface area contributed by atoms with Gasteiger partial charge in [-0.15, -0.1) is 11.3 Å². The first-order valence-electron chi connectivity index (χ1n) is 6.29. The molecule has 0 aliphatic rings. The van der Waals surface area contributed by atoms with Crippen LogP contribution in [0.15, 0.2) is 46.9 Å². The second-order valence-corrected chi connectivity index (χ2v) is 4.92. The van der Waals surface area contributed by atoms with Crippen LogP contribution in [0.4, 0.5) is 0 Å². The standard InChI is InChI=1S/C15H16N2O2S/c1-3-19-13-7-5-4-6-12(13)8-9-14(18)16-15-17(2)10-11-20-15/h4-11H,3H2,1-2H3/b9-8+,16-15?. The third-order valence-corrected chi connectivity index (χ3v) is 3.44. The third kappa shape index (κ3) is 3.68. The van der Waals surface area contributed by atoms with Gasteiger partial charge >= 0.3 is 0 Å². The highest BCUT2D eigenvalue weighted by atomic mass is 32.1. The van der Waals surface area contributed by atoms with Crippen LogP contribution in [0.5, 0.6) is 5.75 Å². The summed E-state index contributed by atoms with van der Waals surface area (Å²) in [5.74, 6) is 0.482. The van der Waals surface area contributed by atoms with Gasteiger partial charge in [-0.05, 0) is 19.1 Å². The van der Waals surface area contributed by atoms with Crippen molar-refractivity contribution in [1.29, 1.82) is 0 Å². The van der Waals surface area contributed by atoms with E-state index in [1.807, 2.05) is 54.4 Å². The number of ether oxygens (including phenoxy) is 1. The lowest BCUT2D eigenvalue weighted by molar-refractivity contribution is -0.113. The van der Waals surface area contributed by atoms with Crippen LogP contribution in [-0.4, -0.2) is 17.1 Å². The molecule has 104 valence electrons. The third-order valence-electron chi connectivity index (χ3n) is 2.59. The molecule has 0 atom stereocenters. The van der Waals surface area contributed by atoms with Gasteiger partial charge in [0.1, 0.15) is 5.75 Å². The molecule has 0 unspecified atom stereocenters. The largest absolute Gasteiger partial charge is 0.493 e. The highest BCUT2D eigenvalue weighted by molar-refractivity contribution is 7.07. The van der Waals surface area contributed by atoms with E-state index in [1.165, 1.54) is 17.4 Å². The SMILES string of the molecule is CCOc1ccccc1/C=C/C(=O)N=c1sccn1C. The molecule has 0 spiro atoms. The number of para-hydroxylation sites is 1. The first kappa shape index (κ1) is 14.3. The van der Waals surface area contributed by atoms with Gasteiger partial charge in [-0.25, -0.2) is 0 Å². The van der Waals surface area contributed by atoms with Crippen LogP contribution in [0.25, 0.3) is 6.08 Å². The van der Waals surface area contributed by atoms with E-state index in [2.05, 4.69) is 4.99 Å². The summed E-state index contributed by atoms with van der Waals surface area (Å²) in [6.45, 7) is 2.52. The molecule has 0 saturated carbocycles. The Hall–Kier alpha value is -2.14. The van der Waals surface area contributed by atoms with Crippen molar-refractivity contribution in [2.75, 3.05) is 6.61 Å². The van der Waals surface area contributed by atoms with Crippen molar-refractivity contribution in [3.63, 3.8) is 0 Å². The van der Waals surface area contributed by atoms with E-state index in [0.717, 1.165) is 11.3 Å². The Morgan fingerprint density at radius 1 is 1.45 bits per heavy atom. The fourth-order valence-corrected chi connectivity index (χ4v) is 2.37. The minimum atomic E-state index is -0.283. The molecule has 2 rings (SSSR count). The van der Waals surface area contributed by atoms with Gasteiger partial charge in [0, 0.05) is 30.3 Å². The fraction of sp³-hybridized carbons (Fsp3) is 0.200. The first-order valence-corrected chi connectivity index (χ1v) is 7.17. The maximum absolute atomic E-state index is 11.8. The molecule has 0 fully saturated rings. The van der Waals surface area contributed by atoms with Gasteiger partial charge in [0.2, 0.25) is 0 Å². The minimum absolute atomic E-state index is 0.283. The van der Waals surface area contributed by atoms with Crippen molar-refractivity contribution in [3.05, 3.63) is 52.3 Å². The Bertz CT molecular complexity index is 683. The zero-order valence-corrected chi connectivity index (χ0v) is 12.3. The van der Waals surface area contributed by atoms with Gasteiger partial charge in [0.05, 0.1) is 6.61 Å². The molecule has 0 N–H and O–H groups in total. The summed E-state index contributed by atoms with van der Waals surface area (Å²) in [5.41, 5.74) is 0.869. The highest BCUT2D eigenvalue weighted by Gasteiger charge is 2.00. The Labute approximate surface area is 121 Å². The number of rotatable bonds is 4. The molecular weight excluding hydrogens is 272 g/mol. The molecule has 0 aliphatic heterocycles. The maximum atomic E-state index is 11.8. The molecule has 20 heavy (non-hydrogen) atoms. The van der Waals surface area contributed by atoms with Gasteiger partial charge < -0.3 is 9.30 Å². The number of hydrogen-bond acceptors (Lipinski definition) is 3. The zero-order chi connectivity index (χ0) is 14.4. The molecule has 0 saturated heterocycles. The lowest BCUT2D eigenvalue weighted by Gasteiger charge is -2.05. The maximum Gasteiger partial charge on any atom is 0.272 e. The summed E-state index contributed by atoms with van der Waals surface area (Å²) < 4.78 is 7.31. The van der Waals surface area contributed by atoms with E-state index < -0.39 is 0 Å². The summed E-state index contributed by atoms with van der Waals surface area (Å²) in [5, 5.41) is 1.89. The van der Waals surface area contributed by atoms with Gasteiger partial charge in [0.25, 0.3) is 5.91 Å². The zero-order valence-electron chi connectivity index (χ0n) is 11.4. The molecule has 1 heterocycles. The molecule has 4 nitrogen and oxygen atoms in total. The van der Waals surface area contributed by atoms with E-state index in [4.69, 9.17) is 4.74 Å². The summed E-state index contributed by atoms with van der Waals surface area (Å²) >= 11 is 1.43. The minimum Gasteiger partial charge on any atom is -0.493 e. The molecule has 2 aromatic rings. The Morgan fingerprint density at radius 3 is 2.95 bits per heavy atom. The number of aryl methyl sites for hydroxylation is 1. The summed E-state index contributed by atoms with van der Waals surface area (Å²) in [4.78, 5) is 16.5. The van der Waals surface area contributed by atoms with Crippen LogP contribution in [-0.2, 0) is 11.8 Å². The number of hydrogen-bond donors (Lipinski definition) is 0. The fourth-order valence-electron chi connectivity index (χ4n) is 1.63. The lowest BCUT2D eigenvalue weighted by Crippen LogP contribution is -2.11. The average molecular weight is 288 g/mol. The van der Waals surface area contributed by atoms with E-state index in [0.29, 0.717) is 11.4 Å². The summed E-state index contributed by atoms with van der Waals surface area (Å²) in [6.07, 6.45) is 5.05. The molecule has 0 radical (unpaired) electrons. The van der Waals surface area contributed by atoms with Gasteiger partial charge in [-0.3, -0.25) is 4.79 Å². The number of amides is 1. The second kappa shape index (κ2) is 6.86. The second-order valence-electron chi connectivity index (χ2n) is 4.05. The van der Waals surface area contributed by atoms with Crippen LogP contribution < -0.4 is 9.54 Å². The van der Waals surface area contributed by atoms with Crippen molar-refractivity contribution in [2.45, 2.75) is 6.92 Å². The van der Waals surface area contributed by atoms with E-state index in [9.17, 15) is 4.79 Å². The average Bonchev–Trinajstić information content (AvgIpc) is 2.84. The van der Waals surface area contributed by atoms with E-state index in [-0.39, 0.29) is 5.91 Å². The number of carbonyl (C=O) groups is 1. The molecule has 1 amide bonds. The molecule has 5 heteroatoms. The quantitative estimate of drug-likeness (QED) is 0.812. The van der Waals surface area contributed by atoms with Crippen LogP contribution in [0, 0.1) is 0 Å². The lowest BCUT2D eigenvalue weighted by atomic mass is 10.2. The number of thiazole rings is 1. The number of benzene rings is 1. The molecule has 1 aromatic heterocycles. The van der Waals surface area contributed by atoms with Crippen LogP contribution in [0.1, 0.15) is 12.5 Å².